The molecule has 1 saturated heterocycles. The third kappa shape index (κ3) is 6.36. The summed E-state index contributed by atoms with van der Waals surface area (Å²) < 4.78 is 16.3. The highest BCUT2D eigenvalue weighted by atomic mass is 16.7. The van der Waals surface area contributed by atoms with Gasteiger partial charge < -0.3 is 19.3 Å². The van der Waals surface area contributed by atoms with Crippen LogP contribution < -0.4 is 0 Å². The van der Waals surface area contributed by atoms with E-state index in [1.807, 2.05) is 6.92 Å². The summed E-state index contributed by atoms with van der Waals surface area (Å²) in [6, 6.07) is 0. The second kappa shape index (κ2) is 7.82. The lowest BCUT2D eigenvalue weighted by molar-refractivity contribution is -0.238. The summed E-state index contributed by atoms with van der Waals surface area (Å²) in [7, 11) is 0. The highest BCUT2D eigenvalue weighted by Gasteiger charge is 2.28. The van der Waals surface area contributed by atoms with E-state index in [1.165, 1.54) is 6.92 Å². The Labute approximate surface area is 115 Å². The van der Waals surface area contributed by atoms with E-state index >= 15 is 0 Å². The number of carbonyl (C=O) groups excluding carboxylic acids is 1. The van der Waals surface area contributed by atoms with E-state index in [1.54, 1.807) is 6.92 Å². The standard InChI is InChI=1S/C14H26O5/c1-5-13-8-14(19-11(4)18-13)7-12(16)6-9(2)17-10(3)15/h9,11-14,16H,5-8H2,1-4H3. The largest absolute Gasteiger partial charge is 0.463 e. The molecule has 19 heavy (non-hydrogen) atoms. The van der Waals surface area contributed by atoms with Crippen LogP contribution in [0, 0.1) is 0 Å². The van der Waals surface area contributed by atoms with Gasteiger partial charge in [0.15, 0.2) is 6.29 Å². The van der Waals surface area contributed by atoms with Crippen molar-refractivity contribution in [2.75, 3.05) is 0 Å². The Hall–Kier alpha value is -0.650. The molecule has 0 amide bonds. The van der Waals surface area contributed by atoms with Gasteiger partial charge in [0.05, 0.1) is 18.3 Å². The Morgan fingerprint density at radius 3 is 2.63 bits per heavy atom. The lowest BCUT2D eigenvalue weighted by Crippen LogP contribution is -2.38. The van der Waals surface area contributed by atoms with Gasteiger partial charge in [0, 0.05) is 19.8 Å². The van der Waals surface area contributed by atoms with Crippen molar-refractivity contribution in [1.29, 1.82) is 0 Å². The smallest absolute Gasteiger partial charge is 0.302 e. The van der Waals surface area contributed by atoms with Gasteiger partial charge in [-0.25, -0.2) is 0 Å². The van der Waals surface area contributed by atoms with Crippen LogP contribution in [0.5, 0.6) is 0 Å². The fourth-order valence-corrected chi connectivity index (χ4v) is 2.51. The molecule has 0 spiro atoms. The van der Waals surface area contributed by atoms with Gasteiger partial charge in [-0.1, -0.05) is 6.92 Å². The molecule has 0 radical (unpaired) electrons. The van der Waals surface area contributed by atoms with E-state index in [-0.39, 0.29) is 30.6 Å². The number of esters is 1. The van der Waals surface area contributed by atoms with E-state index in [2.05, 4.69) is 6.92 Å². The minimum absolute atomic E-state index is 0.00762. The molecule has 5 atom stereocenters. The maximum Gasteiger partial charge on any atom is 0.302 e. The number of hydrogen-bond acceptors (Lipinski definition) is 5. The molecule has 5 heteroatoms. The first-order chi connectivity index (χ1) is 8.90. The van der Waals surface area contributed by atoms with Crippen LogP contribution in [0.15, 0.2) is 0 Å². The van der Waals surface area contributed by atoms with Crippen molar-refractivity contribution in [1.82, 2.24) is 0 Å². The first-order valence-electron chi connectivity index (χ1n) is 7.06. The SMILES string of the molecule is CCC1CC(CC(O)CC(C)OC(C)=O)OC(C)O1. The summed E-state index contributed by atoms with van der Waals surface area (Å²) in [5, 5.41) is 10.0. The number of aliphatic hydroxyl groups is 1. The minimum atomic E-state index is -0.526. The second-order valence-corrected chi connectivity index (χ2v) is 5.27. The number of carbonyl (C=O) groups is 1. The van der Waals surface area contributed by atoms with Gasteiger partial charge >= 0.3 is 5.97 Å². The maximum atomic E-state index is 10.8. The lowest BCUT2D eigenvalue weighted by atomic mass is 10.00. The van der Waals surface area contributed by atoms with Gasteiger partial charge in [-0.3, -0.25) is 4.79 Å². The highest BCUT2D eigenvalue weighted by Crippen LogP contribution is 2.24. The molecule has 5 unspecified atom stereocenters. The van der Waals surface area contributed by atoms with Crippen LogP contribution in [0.1, 0.15) is 53.4 Å². The monoisotopic (exact) mass is 274 g/mol. The average Bonchev–Trinajstić information content (AvgIpc) is 2.26. The molecular weight excluding hydrogens is 248 g/mol. The molecule has 0 bridgehead atoms. The zero-order valence-electron chi connectivity index (χ0n) is 12.3. The Kier molecular flexibility index (Phi) is 6.75. The lowest BCUT2D eigenvalue weighted by Gasteiger charge is -2.35. The summed E-state index contributed by atoms with van der Waals surface area (Å²) in [4.78, 5) is 10.8. The number of ether oxygens (including phenoxy) is 3. The van der Waals surface area contributed by atoms with Crippen molar-refractivity contribution in [2.45, 2.75) is 84.1 Å². The van der Waals surface area contributed by atoms with Crippen molar-refractivity contribution < 1.29 is 24.1 Å². The second-order valence-electron chi connectivity index (χ2n) is 5.27. The van der Waals surface area contributed by atoms with Crippen LogP contribution in [0.3, 0.4) is 0 Å². The fourth-order valence-electron chi connectivity index (χ4n) is 2.51. The van der Waals surface area contributed by atoms with E-state index in [0.29, 0.717) is 12.8 Å². The molecule has 0 aliphatic carbocycles. The summed E-state index contributed by atoms with van der Waals surface area (Å²) in [5.74, 6) is -0.318. The predicted octanol–water partition coefficient (Wildman–Crippen LogP) is 2.01. The van der Waals surface area contributed by atoms with Gasteiger partial charge in [-0.05, 0) is 26.7 Å². The predicted molar refractivity (Wildman–Crippen MR) is 70.6 cm³/mol. The normalized spacial score (nSPS) is 30.7. The average molecular weight is 274 g/mol. The third-order valence-corrected chi connectivity index (χ3v) is 3.26. The molecule has 1 heterocycles. The van der Waals surface area contributed by atoms with Crippen LogP contribution in [0.4, 0.5) is 0 Å². The maximum absolute atomic E-state index is 10.8. The molecular formula is C14H26O5. The molecule has 5 nitrogen and oxygen atoms in total. The van der Waals surface area contributed by atoms with Crippen molar-refractivity contribution >= 4 is 5.97 Å². The van der Waals surface area contributed by atoms with Crippen molar-refractivity contribution in [3.63, 3.8) is 0 Å². The van der Waals surface area contributed by atoms with Crippen LogP contribution in [-0.2, 0) is 19.0 Å². The first-order valence-corrected chi connectivity index (χ1v) is 7.06. The Morgan fingerprint density at radius 2 is 2.05 bits per heavy atom. The molecule has 1 fully saturated rings. The highest BCUT2D eigenvalue weighted by molar-refractivity contribution is 5.66. The molecule has 1 aliphatic heterocycles. The first kappa shape index (κ1) is 16.4. The molecule has 0 aromatic rings. The number of aliphatic hydroxyl groups excluding tert-OH is 1. The molecule has 0 aromatic heterocycles. The Morgan fingerprint density at radius 1 is 1.42 bits per heavy atom. The molecule has 0 aromatic carbocycles. The van der Waals surface area contributed by atoms with Gasteiger partial charge in [0.25, 0.3) is 0 Å². The van der Waals surface area contributed by atoms with E-state index < -0.39 is 6.10 Å². The summed E-state index contributed by atoms with van der Waals surface area (Å²) >= 11 is 0. The van der Waals surface area contributed by atoms with Gasteiger partial charge in [-0.2, -0.15) is 0 Å². The zero-order chi connectivity index (χ0) is 14.4. The van der Waals surface area contributed by atoms with E-state index in [4.69, 9.17) is 14.2 Å². The Balaban J connectivity index is 2.34. The minimum Gasteiger partial charge on any atom is -0.463 e. The quantitative estimate of drug-likeness (QED) is 0.751. The van der Waals surface area contributed by atoms with Gasteiger partial charge in [0.1, 0.15) is 6.10 Å². The third-order valence-electron chi connectivity index (χ3n) is 3.26. The van der Waals surface area contributed by atoms with Gasteiger partial charge in [-0.15, -0.1) is 0 Å². The van der Waals surface area contributed by atoms with Crippen molar-refractivity contribution in [3.8, 4) is 0 Å². The van der Waals surface area contributed by atoms with Crippen LogP contribution in [-0.4, -0.2) is 41.8 Å². The summed E-state index contributed by atoms with van der Waals surface area (Å²) in [5.41, 5.74) is 0. The fraction of sp³-hybridized carbons (Fsp3) is 0.929. The zero-order valence-corrected chi connectivity index (χ0v) is 12.3. The number of rotatable bonds is 6. The molecule has 1 N–H and O–H groups in total. The van der Waals surface area contributed by atoms with Crippen LogP contribution in [0.2, 0.25) is 0 Å². The van der Waals surface area contributed by atoms with Crippen LogP contribution in [0.25, 0.3) is 0 Å². The summed E-state index contributed by atoms with van der Waals surface area (Å²) in [6.45, 7) is 7.12. The van der Waals surface area contributed by atoms with Crippen molar-refractivity contribution in [2.24, 2.45) is 0 Å². The molecule has 0 saturated carbocycles. The Bertz CT molecular complexity index is 281. The summed E-state index contributed by atoms with van der Waals surface area (Å²) in [6.07, 6.45) is 1.93. The van der Waals surface area contributed by atoms with E-state index in [0.717, 1.165) is 12.8 Å². The molecule has 1 rings (SSSR count). The van der Waals surface area contributed by atoms with Crippen LogP contribution >= 0.6 is 0 Å². The molecule has 112 valence electrons. The van der Waals surface area contributed by atoms with Gasteiger partial charge in [0.2, 0.25) is 0 Å². The van der Waals surface area contributed by atoms with E-state index in [9.17, 15) is 9.90 Å². The number of hydrogen-bond donors (Lipinski definition) is 1. The topological polar surface area (TPSA) is 65.0 Å². The molecule has 1 aliphatic rings. The van der Waals surface area contributed by atoms with Crippen molar-refractivity contribution in [3.05, 3.63) is 0 Å².